The molecule has 1 aliphatic carbocycles. The van der Waals surface area contributed by atoms with Gasteiger partial charge in [0.15, 0.2) is 5.82 Å². The Hall–Kier alpha value is -2.05. The van der Waals surface area contributed by atoms with E-state index in [0.717, 1.165) is 12.8 Å². The number of nitrogens with zero attached hydrogens (tertiary/aromatic N) is 1. The number of aromatic amines is 1. The van der Waals surface area contributed by atoms with Crippen LogP contribution in [0.15, 0.2) is 11.1 Å². The molecule has 0 radical (unpaired) electrons. The van der Waals surface area contributed by atoms with Crippen LogP contribution in [0.25, 0.3) is 0 Å². The fourth-order valence-corrected chi connectivity index (χ4v) is 2.80. The average molecular weight is 281 g/mol. The minimum Gasteiger partial charge on any atom is -0.489 e. The topological polar surface area (TPSA) is 104 Å². The van der Waals surface area contributed by atoms with Gasteiger partial charge in [0.2, 0.25) is 5.75 Å². The Morgan fingerprint density at radius 3 is 3.00 bits per heavy atom. The number of ether oxygens (including phenoxy) is 1. The number of rotatable bonds is 4. The van der Waals surface area contributed by atoms with Crippen molar-refractivity contribution in [3.63, 3.8) is 0 Å². The molecule has 3 N–H and O–H groups in total. The summed E-state index contributed by atoms with van der Waals surface area (Å²) in [5.41, 5.74) is -1.53. The van der Waals surface area contributed by atoms with Crippen LogP contribution in [0.2, 0.25) is 0 Å². The van der Waals surface area contributed by atoms with Gasteiger partial charge in [0.05, 0.1) is 13.4 Å². The van der Waals surface area contributed by atoms with Gasteiger partial charge in [0.25, 0.3) is 5.56 Å². The first-order valence-electron chi connectivity index (χ1n) is 6.62. The molecule has 1 aliphatic rings. The first kappa shape index (κ1) is 14.4. The Kier molecular flexibility index (Phi) is 3.96. The third-order valence-electron chi connectivity index (χ3n) is 3.78. The van der Waals surface area contributed by atoms with E-state index in [0.29, 0.717) is 18.8 Å². The quantitative estimate of drug-likeness (QED) is 0.766. The number of hydrogen-bond acceptors (Lipinski definition) is 5. The van der Waals surface area contributed by atoms with Crippen LogP contribution in [-0.4, -0.2) is 33.7 Å². The number of hydrogen-bond donors (Lipinski definition) is 3. The molecule has 0 amide bonds. The smallest absolute Gasteiger partial charge is 0.329 e. The number of nitrogens with one attached hydrogen (secondary N) is 2. The van der Waals surface area contributed by atoms with Gasteiger partial charge in [-0.3, -0.25) is 4.79 Å². The van der Waals surface area contributed by atoms with E-state index in [-0.39, 0.29) is 11.6 Å². The van der Waals surface area contributed by atoms with Crippen molar-refractivity contribution in [2.24, 2.45) is 5.92 Å². The molecule has 0 bridgehead atoms. The molecule has 7 heteroatoms. The van der Waals surface area contributed by atoms with Crippen molar-refractivity contribution in [3.8, 4) is 5.75 Å². The molecule has 0 aromatic carbocycles. The van der Waals surface area contributed by atoms with Gasteiger partial charge >= 0.3 is 5.97 Å². The zero-order valence-corrected chi connectivity index (χ0v) is 11.6. The molecule has 2 unspecified atom stereocenters. The maximum Gasteiger partial charge on any atom is 0.329 e. The third-order valence-corrected chi connectivity index (χ3v) is 3.78. The molecule has 1 aromatic rings. The van der Waals surface area contributed by atoms with E-state index in [1.54, 1.807) is 0 Å². The fourth-order valence-electron chi connectivity index (χ4n) is 2.80. The van der Waals surface area contributed by atoms with E-state index < -0.39 is 17.1 Å². The lowest BCUT2D eigenvalue weighted by Gasteiger charge is -2.37. The zero-order chi connectivity index (χ0) is 14.8. The number of carboxylic acid groups (broad SMARTS) is 1. The number of aromatic nitrogens is 2. The van der Waals surface area contributed by atoms with Gasteiger partial charge in [-0.1, -0.05) is 19.8 Å². The molecule has 1 heterocycles. The monoisotopic (exact) mass is 281 g/mol. The highest BCUT2D eigenvalue weighted by Crippen LogP contribution is 2.36. The number of aliphatic carboxylic acids is 1. The molecule has 1 fully saturated rings. The van der Waals surface area contributed by atoms with Crippen LogP contribution in [-0.2, 0) is 4.79 Å². The Bertz CT molecular complexity index is 557. The van der Waals surface area contributed by atoms with E-state index in [2.05, 4.69) is 15.3 Å². The minimum absolute atomic E-state index is 0.00588. The van der Waals surface area contributed by atoms with Crippen molar-refractivity contribution in [2.75, 3.05) is 12.4 Å². The van der Waals surface area contributed by atoms with Crippen LogP contribution in [0.5, 0.6) is 5.75 Å². The first-order chi connectivity index (χ1) is 9.48. The van der Waals surface area contributed by atoms with Crippen LogP contribution < -0.4 is 15.6 Å². The maximum atomic E-state index is 11.7. The molecule has 110 valence electrons. The Morgan fingerprint density at radius 1 is 1.65 bits per heavy atom. The summed E-state index contributed by atoms with van der Waals surface area (Å²) in [6.45, 7) is 2.03. The van der Waals surface area contributed by atoms with Gasteiger partial charge in [-0.25, -0.2) is 9.78 Å². The molecule has 7 nitrogen and oxygen atoms in total. The summed E-state index contributed by atoms with van der Waals surface area (Å²) in [7, 11) is 1.36. The first-order valence-corrected chi connectivity index (χ1v) is 6.62. The van der Waals surface area contributed by atoms with Crippen molar-refractivity contribution >= 4 is 11.8 Å². The fraction of sp³-hybridized carbons (Fsp3) is 0.615. The lowest BCUT2D eigenvalue weighted by atomic mass is 9.76. The predicted molar refractivity (Wildman–Crippen MR) is 73.0 cm³/mol. The average Bonchev–Trinajstić information content (AvgIpc) is 2.39. The number of anilines is 1. The SMILES string of the molecule is COc1c(NC2(C(=O)O)CCCC(C)C2)nc[nH]c1=O. The van der Waals surface area contributed by atoms with Crippen molar-refractivity contribution in [2.45, 2.75) is 38.1 Å². The summed E-state index contributed by atoms with van der Waals surface area (Å²) in [4.78, 5) is 29.7. The summed E-state index contributed by atoms with van der Waals surface area (Å²) in [6.07, 6.45) is 4.07. The second kappa shape index (κ2) is 5.52. The molecule has 2 rings (SSSR count). The molecule has 20 heavy (non-hydrogen) atoms. The van der Waals surface area contributed by atoms with Crippen molar-refractivity contribution in [1.82, 2.24) is 9.97 Å². The standard InChI is InChI=1S/C13H19N3O4/c1-8-4-3-5-13(6-8,12(18)19)16-10-9(20-2)11(17)15-7-14-10/h7-8H,3-6H2,1-2H3,(H,18,19)(H2,14,15,16,17). The molecule has 0 spiro atoms. The van der Waals surface area contributed by atoms with E-state index in [4.69, 9.17) is 4.74 Å². The van der Waals surface area contributed by atoms with Crippen LogP contribution in [0.1, 0.15) is 32.6 Å². The lowest BCUT2D eigenvalue weighted by Crippen LogP contribution is -2.50. The molecule has 2 atom stereocenters. The number of carbonyl (C=O) groups is 1. The Morgan fingerprint density at radius 2 is 2.40 bits per heavy atom. The van der Waals surface area contributed by atoms with E-state index in [9.17, 15) is 14.7 Å². The van der Waals surface area contributed by atoms with Crippen molar-refractivity contribution in [3.05, 3.63) is 16.7 Å². The van der Waals surface area contributed by atoms with Crippen LogP contribution >= 0.6 is 0 Å². The summed E-state index contributed by atoms with van der Waals surface area (Å²) in [5.74, 6) is -0.437. The summed E-state index contributed by atoms with van der Waals surface area (Å²) in [6, 6.07) is 0. The van der Waals surface area contributed by atoms with Crippen LogP contribution in [0.3, 0.4) is 0 Å². The third kappa shape index (κ3) is 2.61. The second-order valence-electron chi connectivity index (χ2n) is 5.33. The number of carboxylic acids is 1. The van der Waals surface area contributed by atoms with Gasteiger partial charge in [0.1, 0.15) is 5.54 Å². The summed E-state index contributed by atoms with van der Waals surface area (Å²) in [5, 5.41) is 12.5. The van der Waals surface area contributed by atoms with Crippen molar-refractivity contribution < 1.29 is 14.6 Å². The summed E-state index contributed by atoms with van der Waals surface area (Å²) < 4.78 is 5.01. The highest BCUT2D eigenvalue weighted by Gasteiger charge is 2.42. The lowest BCUT2D eigenvalue weighted by molar-refractivity contribution is -0.144. The maximum absolute atomic E-state index is 11.7. The van der Waals surface area contributed by atoms with Crippen LogP contribution in [0.4, 0.5) is 5.82 Å². The largest absolute Gasteiger partial charge is 0.489 e. The normalized spacial score (nSPS) is 26.0. The van der Waals surface area contributed by atoms with Gasteiger partial charge in [-0.2, -0.15) is 0 Å². The van der Waals surface area contributed by atoms with E-state index in [1.165, 1.54) is 13.4 Å². The second-order valence-corrected chi connectivity index (χ2v) is 5.33. The zero-order valence-electron chi connectivity index (χ0n) is 11.6. The van der Waals surface area contributed by atoms with Crippen LogP contribution in [0, 0.1) is 5.92 Å². The summed E-state index contributed by atoms with van der Waals surface area (Å²) >= 11 is 0. The Labute approximate surface area is 116 Å². The molecule has 0 aliphatic heterocycles. The Balaban J connectivity index is 2.36. The van der Waals surface area contributed by atoms with Gasteiger partial charge in [-0.05, 0) is 18.8 Å². The molecular formula is C13H19N3O4. The van der Waals surface area contributed by atoms with Gasteiger partial charge < -0.3 is 20.1 Å². The molecule has 1 saturated carbocycles. The number of methoxy groups -OCH3 is 1. The molecule has 1 aromatic heterocycles. The molecular weight excluding hydrogens is 262 g/mol. The van der Waals surface area contributed by atoms with E-state index in [1.807, 2.05) is 6.92 Å². The van der Waals surface area contributed by atoms with E-state index >= 15 is 0 Å². The number of H-pyrrole nitrogens is 1. The van der Waals surface area contributed by atoms with Crippen molar-refractivity contribution in [1.29, 1.82) is 0 Å². The molecule has 0 saturated heterocycles. The highest BCUT2D eigenvalue weighted by atomic mass is 16.5. The van der Waals surface area contributed by atoms with Gasteiger partial charge in [-0.15, -0.1) is 0 Å². The minimum atomic E-state index is -1.09. The highest BCUT2D eigenvalue weighted by molar-refractivity contribution is 5.83. The predicted octanol–water partition coefficient (Wildman–Crippen LogP) is 1.22. The van der Waals surface area contributed by atoms with Gasteiger partial charge in [0, 0.05) is 0 Å².